The summed E-state index contributed by atoms with van der Waals surface area (Å²) in [7, 11) is 0. The summed E-state index contributed by atoms with van der Waals surface area (Å²) in [6.07, 6.45) is 5.35. The van der Waals surface area contributed by atoms with Crippen LogP contribution in [0.2, 0.25) is 0 Å². The van der Waals surface area contributed by atoms with Crippen LogP contribution < -0.4 is 5.73 Å². The highest BCUT2D eigenvalue weighted by molar-refractivity contribution is 5.67. The number of hydrogen-bond acceptors (Lipinski definition) is 3. The van der Waals surface area contributed by atoms with Crippen molar-refractivity contribution in [3.8, 4) is 23.7 Å². The van der Waals surface area contributed by atoms with Crippen LogP contribution in [0.4, 0.5) is 5.82 Å². The Morgan fingerprint density at radius 1 is 1.36 bits per heavy atom. The summed E-state index contributed by atoms with van der Waals surface area (Å²) in [4.78, 5) is 0. The molecule has 2 rings (SSSR count). The molecule has 0 aliphatic carbocycles. The Morgan fingerprint density at radius 2 is 2.14 bits per heavy atom. The van der Waals surface area contributed by atoms with Gasteiger partial charge in [-0.25, -0.2) is 0 Å². The topological polar surface area (TPSA) is 52.0 Å². The zero-order valence-electron chi connectivity index (χ0n) is 7.40. The molecule has 68 valence electrons. The summed E-state index contributed by atoms with van der Waals surface area (Å²) in [5.41, 5.74) is 7.05. The van der Waals surface area contributed by atoms with Gasteiger partial charge in [-0.15, -0.1) is 6.42 Å². The molecule has 0 unspecified atom stereocenters. The maximum atomic E-state index is 5.45. The number of terminal acetylenes is 1. The molecular weight excluding hydrogens is 176 g/mol. The lowest BCUT2D eigenvalue weighted by molar-refractivity contribution is 0.436. The molecule has 2 aromatic rings. The molecule has 1 heterocycles. The van der Waals surface area contributed by atoms with Crippen molar-refractivity contribution in [1.29, 1.82) is 0 Å². The maximum Gasteiger partial charge on any atom is 0.170 e. The van der Waals surface area contributed by atoms with Gasteiger partial charge in [0.15, 0.2) is 11.6 Å². The van der Waals surface area contributed by atoms with Crippen molar-refractivity contribution in [2.45, 2.75) is 0 Å². The first-order valence-electron chi connectivity index (χ1n) is 4.09. The number of nitrogens with zero attached hydrogens (tertiary/aromatic N) is 1. The Morgan fingerprint density at radius 3 is 2.79 bits per heavy atom. The molecule has 2 N–H and O–H groups in total. The quantitative estimate of drug-likeness (QED) is 0.688. The molecule has 1 aromatic heterocycles. The average Bonchev–Trinajstić information content (AvgIpc) is 2.65. The molecule has 0 aliphatic rings. The van der Waals surface area contributed by atoms with E-state index in [4.69, 9.17) is 16.7 Å². The molecule has 0 saturated carbocycles. The first-order chi connectivity index (χ1) is 6.81. The van der Waals surface area contributed by atoms with Crippen LogP contribution in [0.1, 0.15) is 5.56 Å². The van der Waals surface area contributed by atoms with E-state index in [1.807, 2.05) is 24.3 Å². The number of rotatable bonds is 1. The van der Waals surface area contributed by atoms with E-state index in [0.717, 1.165) is 11.1 Å². The van der Waals surface area contributed by atoms with Crippen molar-refractivity contribution in [3.05, 3.63) is 35.9 Å². The highest BCUT2D eigenvalue weighted by atomic mass is 16.5. The number of nitrogens with two attached hydrogens (primary N) is 1. The second-order valence-electron chi connectivity index (χ2n) is 2.81. The highest BCUT2D eigenvalue weighted by Crippen LogP contribution is 2.24. The molecular formula is C11H8N2O. The van der Waals surface area contributed by atoms with E-state index >= 15 is 0 Å². The van der Waals surface area contributed by atoms with Gasteiger partial charge >= 0.3 is 0 Å². The van der Waals surface area contributed by atoms with E-state index in [2.05, 4.69) is 11.1 Å². The van der Waals surface area contributed by atoms with E-state index in [1.54, 1.807) is 6.07 Å². The van der Waals surface area contributed by atoms with Gasteiger partial charge in [-0.2, -0.15) is 0 Å². The Hall–Kier alpha value is -2.21. The molecule has 14 heavy (non-hydrogen) atoms. The SMILES string of the molecule is C#Cc1ccccc1-c1cc(N)no1. The minimum atomic E-state index is 0.354. The van der Waals surface area contributed by atoms with E-state index in [0.29, 0.717) is 11.6 Å². The molecule has 0 amide bonds. The fraction of sp³-hybridized carbons (Fsp3) is 0. The average molecular weight is 184 g/mol. The minimum absolute atomic E-state index is 0.354. The van der Waals surface area contributed by atoms with Crippen LogP contribution in [-0.2, 0) is 0 Å². The van der Waals surface area contributed by atoms with Crippen LogP contribution in [0.25, 0.3) is 11.3 Å². The van der Waals surface area contributed by atoms with Crippen LogP contribution in [0, 0.1) is 12.3 Å². The molecule has 3 nitrogen and oxygen atoms in total. The van der Waals surface area contributed by atoms with Gasteiger partial charge in [0, 0.05) is 17.2 Å². The Balaban J connectivity index is 2.57. The van der Waals surface area contributed by atoms with Gasteiger partial charge < -0.3 is 10.3 Å². The summed E-state index contributed by atoms with van der Waals surface area (Å²) in [5, 5.41) is 3.60. The van der Waals surface area contributed by atoms with Gasteiger partial charge in [-0.1, -0.05) is 23.2 Å². The number of anilines is 1. The van der Waals surface area contributed by atoms with E-state index in [1.165, 1.54) is 0 Å². The fourth-order valence-corrected chi connectivity index (χ4v) is 1.24. The number of benzene rings is 1. The molecule has 0 atom stereocenters. The zero-order chi connectivity index (χ0) is 9.97. The molecule has 0 aliphatic heterocycles. The van der Waals surface area contributed by atoms with Gasteiger partial charge in [0.05, 0.1) is 0 Å². The van der Waals surface area contributed by atoms with Crippen molar-refractivity contribution in [1.82, 2.24) is 5.16 Å². The van der Waals surface area contributed by atoms with Crippen LogP contribution in [0.3, 0.4) is 0 Å². The largest absolute Gasteiger partial charge is 0.381 e. The lowest BCUT2D eigenvalue weighted by Crippen LogP contribution is -1.81. The predicted octanol–water partition coefficient (Wildman–Crippen LogP) is 1.91. The molecule has 0 fully saturated rings. The standard InChI is InChI=1S/C11H8N2O/c1-2-8-5-3-4-6-9(8)10-7-11(12)13-14-10/h1,3-7H,(H2,12,13). The number of aromatic nitrogens is 1. The number of nitrogen functional groups attached to an aromatic ring is 1. The van der Waals surface area contributed by atoms with Gasteiger partial charge in [0.25, 0.3) is 0 Å². The number of hydrogen-bond donors (Lipinski definition) is 1. The van der Waals surface area contributed by atoms with Gasteiger partial charge in [-0.05, 0) is 12.1 Å². The molecule has 0 spiro atoms. The first kappa shape index (κ1) is 8.39. The highest BCUT2D eigenvalue weighted by Gasteiger charge is 2.07. The van der Waals surface area contributed by atoms with Crippen molar-refractivity contribution in [3.63, 3.8) is 0 Å². The smallest absolute Gasteiger partial charge is 0.170 e. The predicted molar refractivity (Wildman–Crippen MR) is 54.3 cm³/mol. The summed E-state index contributed by atoms with van der Waals surface area (Å²) >= 11 is 0. The minimum Gasteiger partial charge on any atom is -0.381 e. The van der Waals surface area contributed by atoms with Crippen LogP contribution >= 0.6 is 0 Å². The van der Waals surface area contributed by atoms with Crippen molar-refractivity contribution in [2.24, 2.45) is 0 Å². The molecule has 1 aromatic carbocycles. The Kier molecular flexibility index (Phi) is 1.96. The summed E-state index contributed by atoms with van der Waals surface area (Å²) in [6.45, 7) is 0. The maximum absolute atomic E-state index is 5.45. The van der Waals surface area contributed by atoms with E-state index < -0.39 is 0 Å². The van der Waals surface area contributed by atoms with Crippen molar-refractivity contribution >= 4 is 5.82 Å². The first-order valence-corrected chi connectivity index (χ1v) is 4.09. The lowest BCUT2D eigenvalue weighted by atomic mass is 10.1. The van der Waals surface area contributed by atoms with Crippen molar-refractivity contribution in [2.75, 3.05) is 5.73 Å². The Labute approximate surface area is 81.5 Å². The van der Waals surface area contributed by atoms with Gasteiger partial charge in [0.2, 0.25) is 0 Å². The molecule has 0 radical (unpaired) electrons. The van der Waals surface area contributed by atoms with Crippen LogP contribution in [-0.4, -0.2) is 5.16 Å². The fourth-order valence-electron chi connectivity index (χ4n) is 1.24. The summed E-state index contributed by atoms with van der Waals surface area (Å²) in [6, 6.07) is 9.12. The van der Waals surface area contributed by atoms with Crippen LogP contribution in [0.5, 0.6) is 0 Å². The zero-order valence-corrected chi connectivity index (χ0v) is 7.40. The van der Waals surface area contributed by atoms with E-state index in [9.17, 15) is 0 Å². The third-order valence-corrected chi connectivity index (χ3v) is 1.88. The molecule has 3 heteroatoms. The Bertz CT molecular complexity index is 494. The third kappa shape index (κ3) is 1.34. The van der Waals surface area contributed by atoms with Crippen LogP contribution in [0.15, 0.2) is 34.9 Å². The van der Waals surface area contributed by atoms with Crippen molar-refractivity contribution < 1.29 is 4.52 Å². The third-order valence-electron chi connectivity index (χ3n) is 1.88. The van der Waals surface area contributed by atoms with E-state index in [-0.39, 0.29) is 0 Å². The summed E-state index contributed by atoms with van der Waals surface area (Å²) < 4.78 is 5.02. The summed E-state index contributed by atoms with van der Waals surface area (Å²) in [5.74, 6) is 3.52. The van der Waals surface area contributed by atoms with Gasteiger partial charge in [-0.3, -0.25) is 0 Å². The van der Waals surface area contributed by atoms with Gasteiger partial charge in [0.1, 0.15) is 0 Å². The lowest BCUT2D eigenvalue weighted by Gasteiger charge is -1.97. The molecule has 0 saturated heterocycles. The normalized spacial score (nSPS) is 9.64. The molecule has 0 bridgehead atoms. The second kappa shape index (κ2) is 3.27. The monoisotopic (exact) mass is 184 g/mol. The second-order valence-corrected chi connectivity index (χ2v) is 2.81.